The molecule has 2 aliphatic heterocycles. The Balaban J connectivity index is 1.20. The Morgan fingerprint density at radius 3 is 2.74 bits per heavy atom. The van der Waals surface area contributed by atoms with Gasteiger partial charge in [-0.25, -0.2) is 9.48 Å². The van der Waals surface area contributed by atoms with Crippen molar-refractivity contribution in [3.05, 3.63) is 88.7 Å². The van der Waals surface area contributed by atoms with Crippen LogP contribution < -0.4 is 10.2 Å². The number of nitrogens with zero attached hydrogens (tertiary/aromatic N) is 5. The third kappa shape index (κ3) is 5.08. The summed E-state index contributed by atoms with van der Waals surface area (Å²) in [5.74, 6) is 0.889. The number of allylic oxidation sites excluding steroid dienone is 1. The van der Waals surface area contributed by atoms with Crippen molar-refractivity contribution in [3.8, 4) is 5.69 Å². The largest absolute Gasteiger partial charge is 0.336 e. The lowest BCUT2D eigenvalue weighted by molar-refractivity contribution is 0.252. The van der Waals surface area contributed by atoms with E-state index in [1.165, 1.54) is 21.6 Å². The Kier molecular flexibility index (Phi) is 6.78. The van der Waals surface area contributed by atoms with Crippen LogP contribution in [0.3, 0.4) is 0 Å². The monoisotopic (exact) mass is 472 g/mol. The molecule has 2 aliphatic rings. The van der Waals surface area contributed by atoms with Crippen molar-refractivity contribution in [2.75, 3.05) is 30.4 Å². The minimum atomic E-state index is -0.00692. The summed E-state index contributed by atoms with van der Waals surface area (Å²) in [7, 11) is 0. The van der Waals surface area contributed by atoms with E-state index in [1.54, 1.807) is 6.20 Å². The van der Waals surface area contributed by atoms with Crippen molar-refractivity contribution in [3.63, 3.8) is 0 Å². The van der Waals surface area contributed by atoms with Gasteiger partial charge in [-0.15, -0.1) is 11.8 Å². The number of hydrogen-bond donors (Lipinski definition) is 1. The highest BCUT2D eigenvalue weighted by Gasteiger charge is 2.23. The SMILES string of the molecule is C=N/C=C(/Cc1ccc(-n2cccn2)cc1)SCN1CCc2ccc(N3CCNC3=O)cc2C1. The van der Waals surface area contributed by atoms with E-state index in [9.17, 15) is 4.79 Å². The number of aliphatic imine (C=N–C) groups is 1. The number of benzene rings is 2. The van der Waals surface area contributed by atoms with Crippen molar-refractivity contribution >= 4 is 30.2 Å². The summed E-state index contributed by atoms with van der Waals surface area (Å²) < 4.78 is 1.86. The highest BCUT2D eigenvalue weighted by atomic mass is 32.2. The average molecular weight is 473 g/mol. The van der Waals surface area contributed by atoms with Gasteiger partial charge in [0.2, 0.25) is 0 Å². The molecule has 8 heteroatoms. The molecule has 0 spiro atoms. The zero-order valence-corrected chi connectivity index (χ0v) is 19.9. The molecule has 1 saturated heterocycles. The lowest BCUT2D eigenvalue weighted by Crippen LogP contribution is -2.31. The zero-order chi connectivity index (χ0) is 23.3. The van der Waals surface area contributed by atoms with Gasteiger partial charge in [0.15, 0.2) is 0 Å². The van der Waals surface area contributed by atoms with Gasteiger partial charge in [-0.1, -0.05) is 18.2 Å². The minimum absolute atomic E-state index is 0.00692. The summed E-state index contributed by atoms with van der Waals surface area (Å²) in [6, 6.07) is 16.8. The van der Waals surface area contributed by atoms with Gasteiger partial charge in [0, 0.05) is 67.7 Å². The van der Waals surface area contributed by atoms with E-state index >= 15 is 0 Å². The number of anilines is 1. The normalized spacial score (nSPS) is 16.4. The molecule has 1 N–H and O–H groups in total. The maximum atomic E-state index is 12.1. The number of thioether (sulfide) groups is 1. The first-order valence-corrected chi connectivity index (χ1v) is 12.4. The molecule has 1 aromatic heterocycles. The molecular formula is C26H28N6OS. The third-order valence-corrected chi connectivity index (χ3v) is 7.32. The van der Waals surface area contributed by atoms with Crippen LogP contribution in [0.1, 0.15) is 16.7 Å². The van der Waals surface area contributed by atoms with Crippen LogP contribution in [-0.4, -0.2) is 52.9 Å². The molecule has 34 heavy (non-hydrogen) atoms. The summed E-state index contributed by atoms with van der Waals surface area (Å²) in [6.45, 7) is 7.01. The molecule has 2 amide bonds. The third-order valence-electron chi connectivity index (χ3n) is 6.20. The standard InChI is InChI=1S/C26H28N6OS/c1-27-17-25(15-20-3-6-23(7-4-20)32-12-2-10-29-32)34-19-30-13-9-21-5-8-24(16-22(21)18-30)31-14-11-28-26(31)33/h2-8,10,12,16-17H,1,9,11,13-15,18-19H2,(H,28,33)/b25-17-. The first-order valence-electron chi connectivity index (χ1n) is 11.5. The van der Waals surface area contributed by atoms with Gasteiger partial charge in [0.05, 0.1) is 5.69 Å². The van der Waals surface area contributed by atoms with Crippen LogP contribution in [0.4, 0.5) is 10.5 Å². The van der Waals surface area contributed by atoms with Crippen molar-refractivity contribution in [2.24, 2.45) is 4.99 Å². The summed E-state index contributed by atoms with van der Waals surface area (Å²) in [4.78, 5) is 21.6. The fraction of sp³-hybridized carbons (Fsp3) is 0.269. The van der Waals surface area contributed by atoms with Crippen molar-refractivity contribution in [2.45, 2.75) is 19.4 Å². The molecule has 0 bridgehead atoms. The quantitative estimate of drug-likeness (QED) is 0.498. The topological polar surface area (TPSA) is 65.8 Å². The number of aromatic nitrogens is 2. The van der Waals surface area contributed by atoms with E-state index in [2.05, 4.69) is 69.5 Å². The second-order valence-electron chi connectivity index (χ2n) is 8.48. The van der Waals surface area contributed by atoms with Crippen molar-refractivity contribution < 1.29 is 4.79 Å². The number of rotatable bonds is 8. The van der Waals surface area contributed by atoms with Gasteiger partial charge in [0.1, 0.15) is 0 Å². The highest BCUT2D eigenvalue weighted by Crippen LogP contribution is 2.29. The molecule has 1 fully saturated rings. The van der Waals surface area contributed by atoms with Crippen LogP contribution in [0.2, 0.25) is 0 Å². The predicted molar refractivity (Wildman–Crippen MR) is 139 cm³/mol. The van der Waals surface area contributed by atoms with E-state index in [0.29, 0.717) is 6.54 Å². The van der Waals surface area contributed by atoms with E-state index in [0.717, 1.165) is 49.7 Å². The molecular weight excluding hydrogens is 444 g/mol. The maximum Gasteiger partial charge on any atom is 0.321 e. The summed E-state index contributed by atoms with van der Waals surface area (Å²) >= 11 is 1.82. The molecule has 0 radical (unpaired) electrons. The Bertz CT molecular complexity index is 1190. The van der Waals surface area contributed by atoms with Gasteiger partial charge in [-0.2, -0.15) is 5.10 Å². The number of fused-ring (bicyclic) bond motifs is 1. The van der Waals surface area contributed by atoms with Gasteiger partial charge in [0.25, 0.3) is 0 Å². The first-order chi connectivity index (χ1) is 16.7. The molecule has 0 atom stereocenters. The van der Waals surface area contributed by atoms with Gasteiger partial charge in [-0.3, -0.25) is 14.8 Å². The van der Waals surface area contributed by atoms with Crippen LogP contribution in [0.5, 0.6) is 0 Å². The molecule has 0 aliphatic carbocycles. The summed E-state index contributed by atoms with van der Waals surface area (Å²) in [5, 5.41) is 7.17. The Hall–Kier alpha value is -3.36. The Morgan fingerprint density at radius 1 is 1.15 bits per heavy atom. The molecule has 3 heterocycles. The predicted octanol–water partition coefficient (Wildman–Crippen LogP) is 4.24. The van der Waals surface area contributed by atoms with E-state index < -0.39 is 0 Å². The highest BCUT2D eigenvalue weighted by molar-refractivity contribution is 8.03. The number of amides is 2. The fourth-order valence-electron chi connectivity index (χ4n) is 4.40. The number of hydrogen-bond acceptors (Lipinski definition) is 5. The van der Waals surface area contributed by atoms with Crippen LogP contribution in [0, 0.1) is 0 Å². The van der Waals surface area contributed by atoms with Crippen molar-refractivity contribution in [1.82, 2.24) is 20.0 Å². The lowest BCUT2D eigenvalue weighted by atomic mass is 9.99. The Labute approximate surface area is 204 Å². The zero-order valence-electron chi connectivity index (χ0n) is 19.1. The number of nitrogens with one attached hydrogen (secondary N) is 1. The average Bonchev–Trinajstić information content (AvgIpc) is 3.55. The Morgan fingerprint density at radius 2 is 2.00 bits per heavy atom. The first kappa shape index (κ1) is 22.4. The molecule has 0 saturated carbocycles. The van der Waals surface area contributed by atoms with Crippen molar-refractivity contribution in [1.29, 1.82) is 0 Å². The van der Waals surface area contributed by atoms with Crippen LogP contribution in [0.25, 0.3) is 5.69 Å². The fourth-order valence-corrected chi connectivity index (χ4v) is 5.38. The second kappa shape index (κ2) is 10.3. The lowest BCUT2D eigenvalue weighted by Gasteiger charge is -2.29. The molecule has 0 unspecified atom stereocenters. The maximum absolute atomic E-state index is 12.1. The second-order valence-corrected chi connectivity index (χ2v) is 9.56. The number of urea groups is 1. The number of carbonyl (C=O) groups is 1. The van der Waals surface area contributed by atoms with Gasteiger partial charge < -0.3 is 5.32 Å². The van der Waals surface area contributed by atoms with E-state index in [-0.39, 0.29) is 6.03 Å². The van der Waals surface area contributed by atoms with Crippen LogP contribution in [-0.2, 0) is 19.4 Å². The van der Waals surface area contributed by atoms with Crippen LogP contribution in [0.15, 0.2) is 77.0 Å². The van der Waals surface area contributed by atoms with E-state index in [1.807, 2.05) is 39.8 Å². The summed E-state index contributed by atoms with van der Waals surface area (Å²) in [5.41, 5.74) is 5.96. The molecule has 5 rings (SSSR count). The van der Waals surface area contributed by atoms with E-state index in [4.69, 9.17) is 0 Å². The molecule has 174 valence electrons. The van der Waals surface area contributed by atoms with Crippen LogP contribution >= 0.6 is 11.8 Å². The summed E-state index contributed by atoms with van der Waals surface area (Å²) in [6.07, 6.45) is 7.44. The smallest absolute Gasteiger partial charge is 0.321 e. The molecule has 3 aromatic rings. The number of carbonyl (C=O) groups excluding carboxylic acids is 1. The molecule has 7 nitrogen and oxygen atoms in total. The minimum Gasteiger partial charge on any atom is -0.336 e. The molecule has 2 aromatic carbocycles. The van der Waals surface area contributed by atoms with Gasteiger partial charge in [-0.05, 0) is 60.2 Å². The van der Waals surface area contributed by atoms with Gasteiger partial charge >= 0.3 is 6.03 Å².